The Morgan fingerprint density at radius 3 is 2.76 bits per heavy atom. The summed E-state index contributed by atoms with van der Waals surface area (Å²) in [6.07, 6.45) is 0. The number of halogens is 1. The maximum absolute atomic E-state index is 5.98. The number of benzene rings is 2. The molecule has 0 fully saturated rings. The molecule has 1 heterocycles. The van der Waals surface area contributed by atoms with Gasteiger partial charge in [0, 0.05) is 15.8 Å². The van der Waals surface area contributed by atoms with Gasteiger partial charge >= 0.3 is 0 Å². The maximum atomic E-state index is 5.98. The third kappa shape index (κ3) is 2.99. The molecule has 0 amide bonds. The Bertz CT molecular complexity index is 751. The summed E-state index contributed by atoms with van der Waals surface area (Å²) in [7, 11) is 1.64. The number of methoxy groups -OCH3 is 1. The Balaban J connectivity index is 1.81. The molecule has 2 aromatic carbocycles. The van der Waals surface area contributed by atoms with Crippen LogP contribution in [0.15, 0.2) is 47.8 Å². The molecule has 0 spiro atoms. The zero-order chi connectivity index (χ0) is 14.7. The standard InChI is InChI=1S/C17H15ClO2S/c1-19-14-6-7-16(12(8-14)9-18)20-10-13-11-21-17-5-3-2-4-15(13)17/h2-8,11H,9-10H2,1H3. The molecule has 0 aliphatic heterocycles. The average Bonchev–Trinajstić information content (AvgIpc) is 2.96. The number of rotatable bonds is 5. The summed E-state index contributed by atoms with van der Waals surface area (Å²) in [5, 5.41) is 3.40. The zero-order valence-electron chi connectivity index (χ0n) is 11.6. The number of alkyl halides is 1. The Morgan fingerprint density at radius 1 is 1.10 bits per heavy atom. The van der Waals surface area contributed by atoms with Gasteiger partial charge in [-0.2, -0.15) is 0 Å². The van der Waals surface area contributed by atoms with Crippen molar-refractivity contribution in [2.24, 2.45) is 0 Å². The van der Waals surface area contributed by atoms with Crippen LogP contribution >= 0.6 is 22.9 Å². The van der Waals surface area contributed by atoms with E-state index in [0.29, 0.717) is 12.5 Å². The molecular weight excluding hydrogens is 304 g/mol. The lowest BCUT2D eigenvalue weighted by molar-refractivity contribution is 0.305. The first-order valence-corrected chi connectivity index (χ1v) is 8.04. The van der Waals surface area contributed by atoms with Crippen LogP contribution in [0.1, 0.15) is 11.1 Å². The van der Waals surface area contributed by atoms with E-state index in [1.165, 1.54) is 15.6 Å². The van der Waals surface area contributed by atoms with Gasteiger partial charge in [0.25, 0.3) is 0 Å². The molecule has 3 rings (SSSR count). The van der Waals surface area contributed by atoms with Crippen molar-refractivity contribution in [2.45, 2.75) is 12.5 Å². The summed E-state index contributed by atoms with van der Waals surface area (Å²) in [5.74, 6) is 2.00. The predicted molar refractivity (Wildman–Crippen MR) is 88.7 cm³/mol. The summed E-state index contributed by atoms with van der Waals surface area (Å²) in [4.78, 5) is 0. The highest BCUT2D eigenvalue weighted by Crippen LogP contribution is 2.29. The minimum Gasteiger partial charge on any atom is -0.497 e. The fraction of sp³-hybridized carbons (Fsp3) is 0.176. The van der Waals surface area contributed by atoms with Crippen molar-refractivity contribution in [1.29, 1.82) is 0 Å². The van der Waals surface area contributed by atoms with E-state index >= 15 is 0 Å². The highest BCUT2D eigenvalue weighted by atomic mass is 35.5. The van der Waals surface area contributed by atoms with Crippen molar-refractivity contribution < 1.29 is 9.47 Å². The van der Waals surface area contributed by atoms with Gasteiger partial charge in [-0.05, 0) is 35.0 Å². The van der Waals surface area contributed by atoms with Crippen LogP contribution in [0.3, 0.4) is 0 Å². The number of hydrogen-bond acceptors (Lipinski definition) is 3. The van der Waals surface area contributed by atoms with E-state index in [1.54, 1.807) is 18.4 Å². The molecule has 0 radical (unpaired) electrons. The van der Waals surface area contributed by atoms with Crippen molar-refractivity contribution in [3.8, 4) is 11.5 Å². The molecule has 1 aromatic heterocycles. The lowest BCUT2D eigenvalue weighted by Crippen LogP contribution is -1.98. The lowest BCUT2D eigenvalue weighted by Gasteiger charge is -2.11. The van der Waals surface area contributed by atoms with Gasteiger partial charge in [-0.15, -0.1) is 22.9 Å². The van der Waals surface area contributed by atoms with E-state index in [4.69, 9.17) is 21.1 Å². The van der Waals surface area contributed by atoms with E-state index in [1.807, 2.05) is 18.2 Å². The van der Waals surface area contributed by atoms with Crippen LogP contribution in [0.5, 0.6) is 11.5 Å². The Labute approximate surface area is 132 Å². The SMILES string of the molecule is COc1ccc(OCc2csc3ccccc23)c(CCl)c1. The van der Waals surface area contributed by atoms with Gasteiger partial charge in [-0.1, -0.05) is 18.2 Å². The van der Waals surface area contributed by atoms with E-state index in [0.717, 1.165) is 17.1 Å². The third-order valence-electron chi connectivity index (χ3n) is 3.36. The molecule has 3 aromatic rings. The summed E-state index contributed by atoms with van der Waals surface area (Å²) in [5.41, 5.74) is 2.14. The van der Waals surface area contributed by atoms with Crippen molar-refractivity contribution in [2.75, 3.05) is 7.11 Å². The second kappa shape index (κ2) is 6.37. The van der Waals surface area contributed by atoms with Crippen molar-refractivity contribution >= 4 is 33.0 Å². The molecule has 0 bridgehead atoms. The average molecular weight is 319 g/mol. The fourth-order valence-corrected chi connectivity index (χ4v) is 3.38. The van der Waals surface area contributed by atoms with Crippen molar-refractivity contribution in [3.63, 3.8) is 0 Å². The smallest absolute Gasteiger partial charge is 0.124 e. The number of hydrogen-bond donors (Lipinski definition) is 0. The molecule has 4 heteroatoms. The Morgan fingerprint density at radius 2 is 1.95 bits per heavy atom. The molecule has 108 valence electrons. The largest absolute Gasteiger partial charge is 0.497 e. The third-order valence-corrected chi connectivity index (χ3v) is 4.66. The van der Waals surface area contributed by atoms with Crippen LogP contribution in [0.4, 0.5) is 0 Å². The number of thiophene rings is 1. The van der Waals surface area contributed by atoms with Gasteiger partial charge in [0.1, 0.15) is 18.1 Å². The molecule has 0 saturated carbocycles. The minimum atomic E-state index is 0.400. The van der Waals surface area contributed by atoms with Gasteiger partial charge in [0.05, 0.1) is 13.0 Å². The van der Waals surface area contributed by atoms with Gasteiger partial charge in [0.15, 0.2) is 0 Å². The number of fused-ring (bicyclic) bond motifs is 1. The molecule has 0 aliphatic rings. The van der Waals surface area contributed by atoms with Crippen LogP contribution in [0, 0.1) is 0 Å². The highest BCUT2D eigenvalue weighted by Gasteiger charge is 2.08. The maximum Gasteiger partial charge on any atom is 0.124 e. The Hall–Kier alpha value is -1.71. The molecule has 0 atom stereocenters. The summed E-state index contributed by atoms with van der Waals surface area (Å²) in [6.45, 7) is 0.542. The monoisotopic (exact) mass is 318 g/mol. The van der Waals surface area contributed by atoms with Crippen LogP contribution in [0.25, 0.3) is 10.1 Å². The quantitative estimate of drug-likeness (QED) is 0.600. The molecule has 0 aliphatic carbocycles. The summed E-state index contributed by atoms with van der Waals surface area (Å²) >= 11 is 7.72. The summed E-state index contributed by atoms with van der Waals surface area (Å²) < 4.78 is 12.4. The van der Waals surface area contributed by atoms with Crippen molar-refractivity contribution in [3.05, 3.63) is 59.0 Å². The lowest BCUT2D eigenvalue weighted by atomic mass is 10.2. The normalized spacial score (nSPS) is 10.8. The van der Waals surface area contributed by atoms with Crippen LogP contribution in [0.2, 0.25) is 0 Å². The van der Waals surface area contributed by atoms with Gasteiger partial charge in [0.2, 0.25) is 0 Å². The molecule has 0 saturated heterocycles. The van der Waals surface area contributed by atoms with Crippen LogP contribution in [-0.2, 0) is 12.5 Å². The van der Waals surface area contributed by atoms with E-state index in [2.05, 4.69) is 29.6 Å². The van der Waals surface area contributed by atoms with Gasteiger partial charge < -0.3 is 9.47 Å². The molecule has 2 nitrogen and oxygen atoms in total. The van der Waals surface area contributed by atoms with Crippen molar-refractivity contribution in [1.82, 2.24) is 0 Å². The second-order valence-corrected chi connectivity index (χ2v) is 5.83. The molecule has 0 N–H and O–H groups in total. The first-order valence-electron chi connectivity index (χ1n) is 6.62. The topological polar surface area (TPSA) is 18.5 Å². The summed E-state index contributed by atoms with van der Waals surface area (Å²) in [6, 6.07) is 14.1. The van der Waals surface area contributed by atoms with Gasteiger partial charge in [-0.25, -0.2) is 0 Å². The molecule has 21 heavy (non-hydrogen) atoms. The molecular formula is C17H15ClO2S. The van der Waals surface area contributed by atoms with E-state index < -0.39 is 0 Å². The highest BCUT2D eigenvalue weighted by molar-refractivity contribution is 7.17. The zero-order valence-corrected chi connectivity index (χ0v) is 13.2. The fourth-order valence-electron chi connectivity index (χ4n) is 2.23. The first kappa shape index (κ1) is 14.2. The second-order valence-electron chi connectivity index (χ2n) is 4.65. The Kier molecular flexibility index (Phi) is 4.32. The van der Waals surface area contributed by atoms with E-state index in [9.17, 15) is 0 Å². The first-order chi connectivity index (χ1) is 10.3. The minimum absolute atomic E-state index is 0.400. The predicted octanol–water partition coefficient (Wildman–Crippen LogP) is 5.23. The van der Waals surface area contributed by atoms with E-state index in [-0.39, 0.29) is 0 Å². The van der Waals surface area contributed by atoms with Gasteiger partial charge in [-0.3, -0.25) is 0 Å². The van der Waals surface area contributed by atoms with Crippen LogP contribution in [-0.4, -0.2) is 7.11 Å². The molecule has 0 unspecified atom stereocenters. The van der Waals surface area contributed by atoms with Crippen LogP contribution < -0.4 is 9.47 Å². The number of ether oxygens (including phenoxy) is 2.